The molecule has 1 heterocycles. The zero-order valence-corrected chi connectivity index (χ0v) is 11.9. The molecule has 0 aromatic heterocycles. The summed E-state index contributed by atoms with van der Waals surface area (Å²) in [5.74, 6) is -0.213. The first-order valence-corrected chi connectivity index (χ1v) is 7.65. The number of carbonyl (C=O) groups is 1. The van der Waals surface area contributed by atoms with Crippen molar-refractivity contribution >= 4 is 15.9 Å². The minimum atomic E-state index is -3.71. The van der Waals surface area contributed by atoms with Gasteiger partial charge in [-0.15, -0.1) is 0 Å². The van der Waals surface area contributed by atoms with E-state index in [4.69, 9.17) is 5.26 Å². The second kappa shape index (κ2) is 5.61. The van der Waals surface area contributed by atoms with Crippen LogP contribution in [0, 0.1) is 11.3 Å². The molecule has 1 N–H and O–H groups in total. The van der Waals surface area contributed by atoms with Crippen molar-refractivity contribution in [2.45, 2.75) is 23.8 Å². The van der Waals surface area contributed by atoms with Crippen LogP contribution in [0.3, 0.4) is 0 Å². The van der Waals surface area contributed by atoms with Gasteiger partial charge in [0.1, 0.15) is 6.04 Å². The fourth-order valence-electron chi connectivity index (χ4n) is 2.06. The van der Waals surface area contributed by atoms with E-state index in [1.54, 1.807) is 19.2 Å². The Morgan fingerprint density at radius 2 is 2.05 bits per heavy atom. The molecule has 0 bridgehead atoms. The fourth-order valence-corrected chi connectivity index (χ4v) is 3.29. The topological polar surface area (TPSA) is 90.3 Å². The molecule has 1 aliphatic rings. The summed E-state index contributed by atoms with van der Waals surface area (Å²) in [5.41, 5.74) is 0.753. The maximum absolute atomic E-state index is 12.2. The van der Waals surface area contributed by atoms with E-state index in [0.717, 1.165) is 5.56 Å². The Hall–Kier alpha value is -1.91. The molecule has 0 aliphatic carbocycles. The van der Waals surface area contributed by atoms with E-state index in [0.29, 0.717) is 13.0 Å². The average Bonchev–Trinajstić information content (AvgIpc) is 2.71. The van der Waals surface area contributed by atoms with Gasteiger partial charge in [0.15, 0.2) is 0 Å². The summed E-state index contributed by atoms with van der Waals surface area (Å²) < 4.78 is 26.7. The molecule has 0 saturated carbocycles. The molecule has 7 heteroatoms. The number of hydrogen-bond acceptors (Lipinski definition) is 4. The molecule has 106 valence electrons. The van der Waals surface area contributed by atoms with Gasteiger partial charge in [-0.3, -0.25) is 4.79 Å². The number of likely N-dealkylation sites (tertiary alicyclic amines) is 1. The zero-order valence-electron chi connectivity index (χ0n) is 11.0. The molecule has 1 atom stereocenters. The number of sulfonamides is 1. The number of likely N-dealkylation sites (N-methyl/N-ethyl adjacent to an activating group) is 1. The van der Waals surface area contributed by atoms with Gasteiger partial charge >= 0.3 is 0 Å². The van der Waals surface area contributed by atoms with Gasteiger partial charge in [-0.05, 0) is 24.1 Å². The fraction of sp³-hybridized carbons (Fsp3) is 0.385. The number of nitrogens with one attached hydrogen (secondary N) is 1. The first kappa shape index (κ1) is 14.5. The molecule has 1 unspecified atom stereocenters. The zero-order chi connectivity index (χ0) is 14.8. The summed E-state index contributed by atoms with van der Waals surface area (Å²) >= 11 is 0. The molecular weight excluding hydrogens is 278 g/mol. The summed E-state index contributed by atoms with van der Waals surface area (Å²) in [7, 11) is -2.07. The number of carbonyl (C=O) groups excluding carboxylic acids is 1. The van der Waals surface area contributed by atoms with Crippen molar-refractivity contribution < 1.29 is 13.2 Å². The van der Waals surface area contributed by atoms with E-state index >= 15 is 0 Å². The number of nitrogens with zero attached hydrogens (tertiary/aromatic N) is 2. The van der Waals surface area contributed by atoms with E-state index in [-0.39, 0.29) is 17.2 Å². The molecule has 0 spiro atoms. The third kappa shape index (κ3) is 2.98. The standard InChI is InChI=1S/C13H15N3O3S/c1-16-9-7-12(13(16)17)15-20(18,19)11-4-2-10(3-5-11)6-8-14/h2-5,12,15H,6-7,9H2,1H3. The molecule has 20 heavy (non-hydrogen) atoms. The third-order valence-electron chi connectivity index (χ3n) is 3.24. The van der Waals surface area contributed by atoms with Crippen molar-refractivity contribution in [3.63, 3.8) is 0 Å². The molecule has 2 rings (SSSR count). The van der Waals surface area contributed by atoms with Gasteiger partial charge in [0.25, 0.3) is 0 Å². The molecular formula is C13H15N3O3S. The summed E-state index contributed by atoms with van der Waals surface area (Å²) in [5, 5.41) is 8.57. The van der Waals surface area contributed by atoms with Crippen LogP contribution in [0.25, 0.3) is 0 Å². The van der Waals surface area contributed by atoms with Crippen LogP contribution >= 0.6 is 0 Å². The predicted molar refractivity (Wildman–Crippen MR) is 72.1 cm³/mol. The average molecular weight is 293 g/mol. The summed E-state index contributed by atoms with van der Waals surface area (Å²) in [4.78, 5) is 13.3. The number of benzene rings is 1. The quantitative estimate of drug-likeness (QED) is 0.862. The molecule has 0 radical (unpaired) electrons. The second-order valence-corrected chi connectivity index (χ2v) is 6.42. The van der Waals surface area contributed by atoms with Crippen molar-refractivity contribution in [3.05, 3.63) is 29.8 Å². The summed E-state index contributed by atoms with van der Waals surface area (Å²) in [6, 6.07) is 7.39. The molecule has 1 aromatic rings. The van der Waals surface area contributed by atoms with Crippen LogP contribution in [0.15, 0.2) is 29.2 Å². The van der Waals surface area contributed by atoms with Gasteiger partial charge in [0.05, 0.1) is 17.4 Å². The normalized spacial score (nSPS) is 19.1. The lowest BCUT2D eigenvalue weighted by atomic mass is 10.2. The van der Waals surface area contributed by atoms with E-state index < -0.39 is 16.1 Å². The smallest absolute Gasteiger partial charge is 0.241 e. The Balaban J connectivity index is 2.14. The van der Waals surface area contributed by atoms with Crippen molar-refractivity contribution in [3.8, 4) is 6.07 Å². The van der Waals surface area contributed by atoms with Crippen LogP contribution in [-0.2, 0) is 21.2 Å². The Labute approximate surface area is 118 Å². The molecule has 6 nitrogen and oxygen atoms in total. The Kier molecular flexibility index (Phi) is 4.06. The lowest BCUT2D eigenvalue weighted by Gasteiger charge is -2.12. The number of nitriles is 1. The van der Waals surface area contributed by atoms with Gasteiger partial charge in [0, 0.05) is 13.6 Å². The van der Waals surface area contributed by atoms with E-state index in [1.807, 2.05) is 6.07 Å². The monoisotopic (exact) mass is 293 g/mol. The van der Waals surface area contributed by atoms with Crippen LogP contribution in [0.5, 0.6) is 0 Å². The van der Waals surface area contributed by atoms with Gasteiger partial charge in [0.2, 0.25) is 15.9 Å². The number of amides is 1. The van der Waals surface area contributed by atoms with Crippen molar-refractivity contribution in [1.29, 1.82) is 5.26 Å². The third-order valence-corrected chi connectivity index (χ3v) is 4.73. The van der Waals surface area contributed by atoms with Crippen LogP contribution < -0.4 is 4.72 Å². The van der Waals surface area contributed by atoms with E-state index in [9.17, 15) is 13.2 Å². The van der Waals surface area contributed by atoms with Gasteiger partial charge in [-0.1, -0.05) is 12.1 Å². The van der Waals surface area contributed by atoms with Gasteiger partial charge in [-0.25, -0.2) is 8.42 Å². The highest BCUT2D eigenvalue weighted by Crippen LogP contribution is 2.15. The highest BCUT2D eigenvalue weighted by Gasteiger charge is 2.32. The van der Waals surface area contributed by atoms with Crippen LogP contribution in [0.1, 0.15) is 12.0 Å². The van der Waals surface area contributed by atoms with Gasteiger partial charge < -0.3 is 4.90 Å². The molecule has 1 fully saturated rings. The molecule has 1 aliphatic heterocycles. The molecule has 1 aromatic carbocycles. The Morgan fingerprint density at radius 3 is 2.55 bits per heavy atom. The Bertz CT molecular complexity index is 646. The number of hydrogen-bond donors (Lipinski definition) is 1. The van der Waals surface area contributed by atoms with Crippen molar-refractivity contribution in [2.75, 3.05) is 13.6 Å². The van der Waals surface area contributed by atoms with Gasteiger partial charge in [-0.2, -0.15) is 9.98 Å². The Morgan fingerprint density at radius 1 is 1.40 bits per heavy atom. The highest BCUT2D eigenvalue weighted by atomic mass is 32.2. The van der Waals surface area contributed by atoms with E-state index in [2.05, 4.69) is 4.72 Å². The van der Waals surface area contributed by atoms with E-state index in [1.165, 1.54) is 17.0 Å². The maximum Gasteiger partial charge on any atom is 0.241 e. The minimum Gasteiger partial charge on any atom is -0.344 e. The minimum absolute atomic E-state index is 0.0987. The SMILES string of the molecule is CN1CCC(NS(=O)(=O)c2ccc(CC#N)cc2)C1=O. The highest BCUT2D eigenvalue weighted by molar-refractivity contribution is 7.89. The van der Waals surface area contributed by atoms with Crippen molar-refractivity contribution in [2.24, 2.45) is 0 Å². The lowest BCUT2D eigenvalue weighted by Crippen LogP contribution is -2.40. The largest absolute Gasteiger partial charge is 0.344 e. The molecule has 1 saturated heterocycles. The maximum atomic E-state index is 12.2. The molecule has 1 amide bonds. The number of rotatable bonds is 4. The summed E-state index contributed by atoms with van der Waals surface area (Å²) in [6.45, 7) is 0.549. The van der Waals surface area contributed by atoms with Crippen LogP contribution in [0.2, 0.25) is 0 Å². The second-order valence-electron chi connectivity index (χ2n) is 4.70. The first-order valence-electron chi connectivity index (χ1n) is 6.17. The van der Waals surface area contributed by atoms with Crippen LogP contribution in [-0.4, -0.2) is 38.9 Å². The lowest BCUT2D eigenvalue weighted by molar-refractivity contribution is -0.127. The summed E-state index contributed by atoms with van der Waals surface area (Å²) in [6.07, 6.45) is 0.709. The van der Waals surface area contributed by atoms with Crippen LogP contribution in [0.4, 0.5) is 0 Å². The van der Waals surface area contributed by atoms with Crippen molar-refractivity contribution in [1.82, 2.24) is 9.62 Å². The predicted octanol–water partition coefficient (Wildman–Crippen LogP) is 0.262. The first-order chi connectivity index (χ1) is 9.44.